The fourth-order valence-corrected chi connectivity index (χ4v) is 3.23. The van der Waals surface area contributed by atoms with Crippen molar-refractivity contribution in [2.24, 2.45) is 0 Å². The summed E-state index contributed by atoms with van der Waals surface area (Å²) in [5.41, 5.74) is 1.39. The molecule has 0 fully saturated rings. The van der Waals surface area contributed by atoms with Gasteiger partial charge in [0, 0.05) is 11.8 Å². The highest BCUT2D eigenvalue weighted by molar-refractivity contribution is 5.99. The summed E-state index contributed by atoms with van der Waals surface area (Å²) in [4.78, 5) is 36.9. The van der Waals surface area contributed by atoms with Gasteiger partial charge in [-0.15, -0.1) is 0 Å². The number of nitrogens with zero attached hydrogens (tertiary/aromatic N) is 2. The second-order valence-electron chi connectivity index (χ2n) is 7.43. The maximum absolute atomic E-state index is 13.4. The van der Waals surface area contributed by atoms with Crippen LogP contribution in [0.4, 0.5) is 9.18 Å². The molecule has 0 unspecified atom stereocenters. The summed E-state index contributed by atoms with van der Waals surface area (Å²) in [6.45, 7) is -0.620. The molecule has 0 radical (unpaired) electrons. The van der Waals surface area contributed by atoms with Crippen LogP contribution in [0, 0.1) is 5.82 Å². The van der Waals surface area contributed by atoms with Crippen LogP contribution < -0.4 is 15.4 Å². The second-order valence-corrected chi connectivity index (χ2v) is 7.43. The largest absolute Gasteiger partial charge is 0.497 e. The number of benzene rings is 2. The number of carbonyl (C=O) groups excluding carboxylic acids is 3. The number of imide groups is 1. The Hall–Kier alpha value is -4.93. The Morgan fingerprint density at radius 3 is 2.61 bits per heavy atom. The van der Waals surface area contributed by atoms with Gasteiger partial charge in [-0.1, -0.05) is 12.1 Å². The van der Waals surface area contributed by atoms with Gasteiger partial charge in [0.1, 0.15) is 28.6 Å². The fourth-order valence-electron chi connectivity index (χ4n) is 3.23. The number of amides is 3. The normalized spacial score (nSPS) is 10.5. The smallest absolute Gasteiger partial charge is 0.342 e. The zero-order chi connectivity index (χ0) is 25.5. The van der Waals surface area contributed by atoms with Crippen LogP contribution in [0.2, 0.25) is 0 Å². The molecule has 2 aromatic heterocycles. The molecule has 0 bridgehead atoms. The number of esters is 1. The molecule has 4 rings (SSSR count). The van der Waals surface area contributed by atoms with Crippen LogP contribution in [-0.2, 0) is 16.1 Å². The number of halogens is 1. The van der Waals surface area contributed by atoms with Crippen LogP contribution in [0.25, 0.3) is 16.9 Å². The summed E-state index contributed by atoms with van der Waals surface area (Å²) in [6, 6.07) is 15.0. The molecule has 0 atom stereocenters. The van der Waals surface area contributed by atoms with Gasteiger partial charge in [0.15, 0.2) is 6.61 Å². The molecular formula is C25H21FN4O6. The number of hydrogen-bond donors (Lipinski definition) is 2. The molecule has 10 nitrogen and oxygen atoms in total. The Labute approximate surface area is 204 Å². The molecule has 36 heavy (non-hydrogen) atoms. The lowest BCUT2D eigenvalue weighted by atomic mass is 10.1. The van der Waals surface area contributed by atoms with Gasteiger partial charge in [-0.3, -0.25) is 10.1 Å². The lowest BCUT2D eigenvalue weighted by Gasteiger charge is -2.07. The first-order chi connectivity index (χ1) is 17.4. The van der Waals surface area contributed by atoms with Crippen molar-refractivity contribution in [1.29, 1.82) is 0 Å². The maximum atomic E-state index is 13.4. The first-order valence-corrected chi connectivity index (χ1v) is 10.7. The van der Waals surface area contributed by atoms with Crippen LogP contribution in [0.1, 0.15) is 16.1 Å². The molecule has 2 aromatic carbocycles. The quantitative estimate of drug-likeness (QED) is 0.361. The molecule has 0 saturated heterocycles. The van der Waals surface area contributed by atoms with E-state index in [0.717, 1.165) is 0 Å². The van der Waals surface area contributed by atoms with E-state index in [0.29, 0.717) is 22.8 Å². The molecule has 4 aromatic rings. The molecule has 2 N–H and O–H groups in total. The zero-order valence-electron chi connectivity index (χ0n) is 19.1. The molecule has 3 amide bonds. The van der Waals surface area contributed by atoms with Crippen molar-refractivity contribution in [1.82, 2.24) is 20.4 Å². The average molecular weight is 492 g/mol. The molecule has 0 saturated carbocycles. The molecule has 0 spiro atoms. The van der Waals surface area contributed by atoms with Crippen molar-refractivity contribution in [2.45, 2.75) is 6.54 Å². The van der Waals surface area contributed by atoms with E-state index in [1.807, 2.05) is 0 Å². The average Bonchev–Trinajstić information content (AvgIpc) is 3.57. The van der Waals surface area contributed by atoms with Crippen LogP contribution in [0.15, 0.2) is 77.5 Å². The summed E-state index contributed by atoms with van der Waals surface area (Å²) in [5.74, 6) is -1.03. The first kappa shape index (κ1) is 24.2. The van der Waals surface area contributed by atoms with E-state index in [1.54, 1.807) is 36.4 Å². The minimum atomic E-state index is -0.840. The molecule has 0 aliphatic carbocycles. The van der Waals surface area contributed by atoms with E-state index in [2.05, 4.69) is 15.7 Å². The third-order valence-electron chi connectivity index (χ3n) is 4.96. The van der Waals surface area contributed by atoms with Crippen LogP contribution in [0.3, 0.4) is 0 Å². The number of ether oxygens (including phenoxy) is 2. The van der Waals surface area contributed by atoms with Crippen molar-refractivity contribution >= 4 is 17.9 Å². The van der Waals surface area contributed by atoms with Crippen molar-refractivity contribution in [3.63, 3.8) is 0 Å². The number of urea groups is 1. The monoisotopic (exact) mass is 492 g/mol. The lowest BCUT2D eigenvalue weighted by Crippen LogP contribution is -2.41. The van der Waals surface area contributed by atoms with Gasteiger partial charge in [-0.2, -0.15) is 5.10 Å². The number of methoxy groups -OCH3 is 1. The predicted molar refractivity (Wildman–Crippen MR) is 125 cm³/mol. The van der Waals surface area contributed by atoms with E-state index in [1.165, 1.54) is 48.5 Å². The van der Waals surface area contributed by atoms with E-state index < -0.39 is 30.3 Å². The molecular weight excluding hydrogens is 471 g/mol. The highest BCUT2D eigenvalue weighted by Crippen LogP contribution is 2.27. The zero-order valence-corrected chi connectivity index (χ0v) is 19.1. The van der Waals surface area contributed by atoms with Crippen molar-refractivity contribution in [3.8, 4) is 22.7 Å². The summed E-state index contributed by atoms with van der Waals surface area (Å²) in [7, 11) is 1.51. The molecule has 184 valence electrons. The SMILES string of the molecule is COc1cccc(-c2nn(-c3ccc(F)cc3)cc2C(=O)OCC(=O)NC(=O)NCc2ccco2)c1. The number of rotatable bonds is 8. The van der Waals surface area contributed by atoms with E-state index in [9.17, 15) is 18.8 Å². The van der Waals surface area contributed by atoms with Gasteiger partial charge in [0.05, 0.1) is 25.6 Å². The van der Waals surface area contributed by atoms with Crippen molar-refractivity contribution < 1.29 is 32.7 Å². The lowest BCUT2D eigenvalue weighted by molar-refractivity contribution is -0.123. The van der Waals surface area contributed by atoms with Gasteiger partial charge >= 0.3 is 12.0 Å². The van der Waals surface area contributed by atoms with Crippen LogP contribution in [0.5, 0.6) is 5.75 Å². The van der Waals surface area contributed by atoms with Crippen LogP contribution >= 0.6 is 0 Å². The maximum Gasteiger partial charge on any atom is 0.342 e. The summed E-state index contributed by atoms with van der Waals surface area (Å²) in [5, 5.41) is 8.98. The summed E-state index contributed by atoms with van der Waals surface area (Å²) < 4.78 is 30.2. The minimum Gasteiger partial charge on any atom is -0.497 e. The Kier molecular flexibility index (Phi) is 7.39. The second kappa shape index (κ2) is 11.0. The van der Waals surface area contributed by atoms with E-state index in [4.69, 9.17) is 13.9 Å². The van der Waals surface area contributed by atoms with E-state index >= 15 is 0 Å². The minimum absolute atomic E-state index is 0.0580. The standard InChI is InChI=1S/C25H21FN4O6/c1-34-19-5-2-4-16(12-19)23-21(14-30(29-23)18-9-7-17(26)8-10-18)24(32)36-15-22(31)28-25(33)27-13-20-6-3-11-35-20/h2-12,14H,13,15H2,1H3,(H2,27,28,31,33). The molecule has 2 heterocycles. The van der Waals surface area contributed by atoms with Gasteiger partial charge < -0.3 is 19.2 Å². The Morgan fingerprint density at radius 2 is 1.89 bits per heavy atom. The third kappa shape index (κ3) is 5.95. The summed E-state index contributed by atoms with van der Waals surface area (Å²) >= 11 is 0. The van der Waals surface area contributed by atoms with E-state index in [-0.39, 0.29) is 17.8 Å². The predicted octanol–water partition coefficient (Wildman–Crippen LogP) is 3.46. The number of nitrogens with one attached hydrogen (secondary N) is 2. The first-order valence-electron chi connectivity index (χ1n) is 10.7. The van der Waals surface area contributed by atoms with Crippen molar-refractivity contribution in [3.05, 3.63) is 90.3 Å². The number of aromatic nitrogens is 2. The Balaban J connectivity index is 1.47. The summed E-state index contributed by atoms with van der Waals surface area (Å²) in [6.07, 6.45) is 2.87. The number of furan rings is 1. The highest BCUT2D eigenvalue weighted by atomic mass is 19.1. The number of hydrogen-bond acceptors (Lipinski definition) is 7. The fraction of sp³-hybridized carbons (Fsp3) is 0.120. The molecule has 11 heteroatoms. The van der Waals surface area contributed by atoms with Gasteiger partial charge in [0.25, 0.3) is 5.91 Å². The van der Waals surface area contributed by atoms with Crippen molar-refractivity contribution in [2.75, 3.05) is 13.7 Å². The van der Waals surface area contributed by atoms with Crippen LogP contribution in [-0.4, -0.2) is 41.4 Å². The number of carbonyl (C=O) groups is 3. The van der Waals surface area contributed by atoms with Gasteiger partial charge in [-0.25, -0.2) is 18.7 Å². The topological polar surface area (TPSA) is 125 Å². The Morgan fingerprint density at radius 1 is 1.08 bits per heavy atom. The highest BCUT2D eigenvalue weighted by Gasteiger charge is 2.22. The molecule has 0 aliphatic heterocycles. The van der Waals surface area contributed by atoms with Gasteiger partial charge in [-0.05, 0) is 48.5 Å². The third-order valence-corrected chi connectivity index (χ3v) is 4.96. The van der Waals surface area contributed by atoms with Gasteiger partial charge in [0.2, 0.25) is 0 Å². The Bertz CT molecular complexity index is 1370. The molecule has 0 aliphatic rings.